The topological polar surface area (TPSA) is 20.3 Å². The molecule has 20 heavy (non-hydrogen) atoms. The van der Waals surface area contributed by atoms with Crippen LogP contribution in [0.2, 0.25) is 0 Å². The standard InChI is InChI=1S/C16H13BrFNO/c1-10-6-12(8-13(17)7-10)16(20)19-5-4-11-2-3-14(18)9-15(11)19/h2-3,6-9H,4-5H2,1H3. The fourth-order valence-corrected chi connectivity index (χ4v) is 3.19. The summed E-state index contributed by atoms with van der Waals surface area (Å²) in [6.07, 6.45) is 0.772. The van der Waals surface area contributed by atoms with E-state index in [1.54, 1.807) is 17.0 Å². The van der Waals surface area contributed by atoms with Crippen LogP contribution >= 0.6 is 15.9 Å². The minimum absolute atomic E-state index is 0.0845. The van der Waals surface area contributed by atoms with Crippen molar-refractivity contribution in [3.63, 3.8) is 0 Å². The molecule has 0 radical (unpaired) electrons. The highest BCUT2D eigenvalue weighted by molar-refractivity contribution is 9.10. The van der Waals surface area contributed by atoms with Crippen LogP contribution in [-0.4, -0.2) is 12.5 Å². The molecule has 3 rings (SSSR count). The predicted molar refractivity (Wildman–Crippen MR) is 80.7 cm³/mol. The number of carbonyl (C=O) groups excluding carboxylic acids is 1. The van der Waals surface area contributed by atoms with Crippen molar-refractivity contribution < 1.29 is 9.18 Å². The number of carbonyl (C=O) groups is 1. The van der Waals surface area contributed by atoms with Gasteiger partial charge in [-0.2, -0.15) is 0 Å². The maximum Gasteiger partial charge on any atom is 0.258 e. The van der Waals surface area contributed by atoms with Gasteiger partial charge in [0.1, 0.15) is 5.82 Å². The van der Waals surface area contributed by atoms with E-state index in [-0.39, 0.29) is 11.7 Å². The second-order valence-electron chi connectivity index (χ2n) is 5.00. The highest BCUT2D eigenvalue weighted by atomic mass is 79.9. The highest BCUT2D eigenvalue weighted by Gasteiger charge is 2.26. The molecule has 1 amide bonds. The Kier molecular flexibility index (Phi) is 3.34. The Bertz CT molecular complexity index is 679. The number of halogens is 2. The van der Waals surface area contributed by atoms with Crippen molar-refractivity contribution in [2.24, 2.45) is 0 Å². The summed E-state index contributed by atoms with van der Waals surface area (Å²) in [5, 5.41) is 0. The first-order chi connectivity index (χ1) is 9.54. The molecule has 2 aromatic rings. The SMILES string of the molecule is Cc1cc(Br)cc(C(=O)N2CCc3ccc(F)cc32)c1. The molecule has 1 aliphatic heterocycles. The lowest BCUT2D eigenvalue weighted by Crippen LogP contribution is -2.29. The lowest BCUT2D eigenvalue weighted by molar-refractivity contribution is 0.0989. The predicted octanol–water partition coefficient (Wildman–Crippen LogP) is 4.10. The van der Waals surface area contributed by atoms with Crippen LogP contribution in [0.5, 0.6) is 0 Å². The maximum atomic E-state index is 13.4. The summed E-state index contributed by atoms with van der Waals surface area (Å²) >= 11 is 3.40. The van der Waals surface area contributed by atoms with E-state index < -0.39 is 0 Å². The van der Waals surface area contributed by atoms with Crippen LogP contribution < -0.4 is 4.90 Å². The first-order valence-corrected chi connectivity index (χ1v) is 7.21. The number of rotatable bonds is 1. The minimum Gasteiger partial charge on any atom is -0.308 e. The second-order valence-corrected chi connectivity index (χ2v) is 5.91. The number of benzene rings is 2. The van der Waals surface area contributed by atoms with Crippen molar-refractivity contribution in [3.05, 3.63) is 63.4 Å². The monoisotopic (exact) mass is 333 g/mol. The fourth-order valence-electron chi connectivity index (χ4n) is 2.58. The largest absolute Gasteiger partial charge is 0.308 e. The smallest absolute Gasteiger partial charge is 0.258 e. The van der Waals surface area contributed by atoms with Crippen molar-refractivity contribution >= 4 is 27.5 Å². The van der Waals surface area contributed by atoms with Gasteiger partial charge in [0.05, 0.1) is 5.69 Å². The van der Waals surface area contributed by atoms with Crippen molar-refractivity contribution in [1.82, 2.24) is 0 Å². The number of amides is 1. The average Bonchev–Trinajstić information content (AvgIpc) is 2.79. The van der Waals surface area contributed by atoms with Crippen LogP contribution in [0, 0.1) is 12.7 Å². The third-order valence-electron chi connectivity index (χ3n) is 3.48. The van der Waals surface area contributed by atoms with Crippen molar-refractivity contribution in [1.29, 1.82) is 0 Å². The van der Waals surface area contributed by atoms with Crippen LogP contribution in [0.15, 0.2) is 40.9 Å². The zero-order chi connectivity index (χ0) is 14.3. The van der Waals surface area contributed by atoms with E-state index in [1.165, 1.54) is 12.1 Å². The molecule has 0 spiro atoms. The number of aryl methyl sites for hydroxylation is 1. The van der Waals surface area contributed by atoms with E-state index >= 15 is 0 Å². The van der Waals surface area contributed by atoms with Gasteiger partial charge in [0.15, 0.2) is 0 Å². The van der Waals surface area contributed by atoms with Gasteiger partial charge in [-0.15, -0.1) is 0 Å². The molecule has 4 heteroatoms. The van der Waals surface area contributed by atoms with Crippen molar-refractivity contribution in [2.75, 3.05) is 11.4 Å². The Morgan fingerprint density at radius 3 is 2.80 bits per heavy atom. The summed E-state index contributed by atoms with van der Waals surface area (Å²) in [6, 6.07) is 10.2. The summed E-state index contributed by atoms with van der Waals surface area (Å²) in [5.74, 6) is -0.396. The van der Waals surface area contributed by atoms with E-state index in [1.807, 2.05) is 19.1 Å². The number of nitrogens with zero attached hydrogens (tertiary/aromatic N) is 1. The average molecular weight is 334 g/mol. The molecular formula is C16H13BrFNO. The van der Waals surface area contributed by atoms with Crippen LogP contribution in [0.3, 0.4) is 0 Å². The molecule has 102 valence electrons. The van der Waals surface area contributed by atoms with Crippen LogP contribution in [0.1, 0.15) is 21.5 Å². The zero-order valence-electron chi connectivity index (χ0n) is 11.0. The first-order valence-electron chi connectivity index (χ1n) is 6.42. The molecule has 2 aromatic carbocycles. The van der Waals surface area contributed by atoms with Gasteiger partial charge in [-0.3, -0.25) is 4.79 Å². The molecule has 2 nitrogen and oxygen atoms in total. The third kappa shape index (κ3) is 2.36. The molecule has 0 unspecified atom stereocenters. The van der Waals surface area contributed by atoms with E-state index in [2.05, 4.69) is 15.9 Å². The molecule has 0 N–H and O–H groups in total. The molecule has 0 saturated heterocycles. The molecule has 0 bridgehead atoms. The summed E-state index contributed by atoms with van der Waals surface area (Å²) < 4.78 is 14.3. The normalized spacial score (nSPS) is 13.4. The summed E-state index contributed by atoms with van der Waals surface area (Å²) in [7, 11) is 0. The third-order valence-corrected chi connectivity index (χ3v) is 3.93. The Hall–Kier alpha value is -1.68. The molecule has 0 fully saturated rings. The van der Waals surface area contributed by atoms with Gasteiger partial charge < -0.3 is 4.90 Å². The molecule has 1 heterocycles. The molecule has 0 atom stereocenters. The Morgan fingerprint density at radius 1 is 1.25 bits per heavy atom. The van der Waals surface area contributed by atoms with E-state index in [0.717, 1.165) is 22.0 Å². The van der Waals surface area contributed by atoms with Crippen LogP contribution in [0.25, 0.3) is 0 Å². The van der Waals surface area contributed by atoms with Gasteiger partial charge in [0, 0.05) is 16.6 Å². The number of anilines is 1. The minimum atomic E-state index is -0.311. The van der Waals surface area contributed by atoms with Crippen LogP contribution in [0.4, 0.5) is 10.1 Å². The van der Waals surface area contributed by atoms with Gasteiger partial charge in [0.2, 0.25) is 0 Å². The summed E-state index contributed by atoms with van der Waals surface area (Å²) in [5.41, 5.74) is 3.34. The molecular weight excluding hydrogens is 321 g/mol. The lowest BCUT2D eigenvalue weighted by Gasteiger charge is -2.18. The van der Waals surface area contributed by atoms with Crippen molar-refractivity contribution in [3.8, 4) is 0 Å². The number of fused-ring (bicyclic) bond motifs is 1. The molecule has 0 aliphatic carbocycles. The quantitative estimate of drug-likeness (QED) is 0.769. The van der Waals surface area contributed by atoms with E-state index in [4.69, 9.17) is 0 Å². The number of hydrogen-bond acceptors (Lipinski definition) is 1. The highest BCUT2D eigenvalue weighted by Crippen LogP contribution is 2.30. The van der Waals surface area contributed by atoms with E-state index in [0.29, 0.717) is 17.8 Å². The van der Waals surface area contributed by atoms with Gasteiger partial charge in [-0.05, 0) is 54.8 Å². The first kappa shape index (κ1) is 13.3. The number of hydrogen-bond donors (Lipinski definition) is 0. The van der Waals surface area contributed by atoms with Gasteiger partial charge in [-0.25, -0.2) is 4.39 Å². The second kappa shape index (κ2) is 5.02. The lowest BCUT2D eigenvalue weighted by atomic mass is 10.1. The van der Waals surface area contributed by atoms with E-state index in [9.17, 15) is 9.18 Å². The van der Waals surface area contributed by atoms with Crippen LogP contribution in [-0.2, 0) is 6.42 Å². The Morgan fingerprint density at radius 2 is 2.05 bits per heavy atom. The fraction of sp³-hybridized carbons (Fsp3) is 0.188. The molecule has 1 aliphatic rings. The molecule has 0 aromatic heterocycles. The summed E-state index contributed by atoms with van der Waals surface area (Å²) in [4.78, 5) is 14.3. The van der Waals surface area contributed by atoms with Gasteiger partial charge in [0.25, 0.3) is 5.91 Å². The van der Waals surface area contributed by atoms with Gasteiger partial charge in [-0.1, -0.05) is 22.0 Å². The van der Waals surface area contributed by atoms with Crippen molar-refractivity contribution in [2.45, 2.75) is 13.3 Å². The zero-order valence-corrected chi connectivity index (χ0v) is 12.6. The van der Waals surface area contributed by atoms with Gasteiger partial charge >= 0.3 is 0 Å². The Labute approximate surface area is 125 Å². The summed E-state index contributed by atoms with van der Waals surface area (Å²) in [6.45, 7) is 2.54. The Balaban J connectivity index is 1.99. The molecule has 0 saturated carbocycles. The maximum absolute atomic E-state index is 13.4.